The number of anilines is 1. The standard InChI is InChI=1S/C16H11BrCl2N2/c17-12-7-6-10(16-11(12)3-2-8-20-16)9-21-14-5-1-4-13(18)15(14)19/h1-8,21H,9H2. The molecule has 3 aromatic rings. The second-order valence-corrected chi connectivity index (χ2v) is 6.20. The fourth-order valence-corrected chi connectivity index (χ4v) is 2.99. The number of hydrogen-bond donors (Lipinski definition) is 1. The summed E-state index contributed by atoms with van der Waals surface area (Å²) in [5, 5.41) is 5.48. The second kappa shape index (κ2) is 6.22. The first-order valence-electron chi connectivity index (χ1n) is 6.37. The van der Waals surface area contributed by atoms with Crippen LogP contribution in [0.15, 0.2) is 53.1 Å². The molecule has 5 heteroatoms. The van der Waals surface area contributed by atoms with Gasteiger partial charge in [0.05, 0.1) is 21.2 Å². The van der Waals surface area contributed by atoms with Crippen LogP contribution in [0.1, 0.15) is 5.56 Å². The van der Waals surface area contributed by atoms with Gasteiger partial charge in [-0.1, -0.05) is 57.3 Å². The highest BCUT2D eigenvalue weighted by atomic mass is 79.9. The van der Waals surface area contributed by atoms with Crippen molar-refractivity contribution in [3.8, 4) is 0 Å². The molecule has 0 atom stereocenters. The van der Waals surface area contributed by atoms with E-state index in [1.54, 1.807) is 12.3 Å². The molecule has 106 valence electrons. The maximum absolute atomic E-state index is 6.19. The van der Waals surface area contributed by atoms with Gasteiger partial charge in [-0.15, -0.1) is 0 Å². The summed E-state index contributed by atoms with van der Waals surface area (Å²) in [5.41, 5.74) is 2.89. The summed E-state index contributed by atoms with van der Waals surface area (Å²) in [4.78, 5) is 4.47. The van der Waals surface area contributed by atoms with E-state index in [1.807, 2.05) is 36.4 Å². The Morgan fingerprint density at radius 2 is 1.90 bits per heavy atom. The van der Waals surface area contributed by atoms with E-state index >= 15 is 0 Å². The summed E-state index contributed by atoms with van der Waals surface area (Å²) in [5.74, 6) is 0. The van der Waals surface area contributed by atoms with Crippen LogP contribution in [-0.2, 0) is 6.54 Å². The molecule has 1 N–H and O–H groups in total. The van der Waals surface area contributed by atoms with Gasteiger partial charge in [0.25, 0.3) is 0 Å². The van der Waals surface area contributed by atoms with Crippen LogP contribution in [0.2, 0.25) is 10.0 Å². The molecule has 0 saturated carbocycles. The van der Waals surface area contributed by atoms with Gasteiger partial charge < -0.3 is 5.32 Å². The smallest absolute Gasteiger partial charge is 0.0823 e. The third kappa shape index (κ3) is 3.00. The molecule has 0 radical (unpaired) electrons. The largest absolute Gasteiger partial charge is 0.380 e. The first-order chi connectivity index (χ1) is 10.2. The number of nitrogens with zero attached hydrogens (tertiary/aromatic N) is 1. The van der Waals surface area contributed by atoms with Crippen molar-refractivity contribution in [2.24, 2.45) is 0 Å². The van der Waals surface area contributed by atoms with Gasteiger partial charge in [0.1, 0.15) is 0 Å². The molecular weight excluding hydrogens is 371 g/mol. The number of halogens is 3. The zero-order chi connectivity index (χ0) is 14.8. The molecule has 2 nitrogen and oxygen atoms in total. The Morgan fingerprint density at radius 1 is 1.05 bits per heavy atom. The lowest BCUT2D eigenvalue weighted by atomic mass is 10.1. The molecule has 0 aliphatic rings. The Hall–Kier alpha value is -1.29. The average Bonchev–Trinajstić information content (AvgIpc) is 2.51. The molecule has 0 saturated heterocycles. The van der Waals surface area contributed by atoms with E-state index in [9.17, 15) is 0 Å². The molecule has 1 aromatic heterocycles. The van der Waals surface area contributed by atoms with Crippen LogP contribution < -0.4 is 5.32 Å². The van der Waals surface area contributed by atoms with Crippen LogP contribution in [0.25, 0.3) is 10.9 Å². The van der Waals surface area contributed by atoms with E-state index in [0.29, 0.717) is 16.6 Å². The molecule has 0 unspecified atom stereocenters. The molecule has 0 aliphatic heterocycles. The summed E-state index contributed by atoms with van der Waals surface area (Å²) >= 11 is 15.8. The number of nitrogens with one attached hydrogen (secondary N) is 1. The van der Waals surface area contributed by atoms with Gasteiger partial charge in [-0.25, -0.2) is 0 Å². The van der Waals surface area contributed by atoms with Gasteiger partial charge in [0.2, 0.25) is 0 Å². The molecular formula is C16H11BrCl2N2. The van der Waals surface area contributed by atoms with E-state index in [1.165, 1.54) is 0 Å². The maximum Gasteiger partial charge on any atom is 0.0823 e. The van der Waals surface area contributed by atoms with Crippen LogP contribution >= 0.6 is 39.1 Å². The van der Waals surface area contributed by atoms with Crippen molar-refractivity contribution in [3.63, 3.8) is 0 Å². The van der Waals surface area contributed by atoms with Gasteiger partial charge in [0, 0.05) is 22.6 Å². The van der Waals surface area contributed by atoms with Crippen molar-refractivity contribution in [3.05, 3.63) is 68.7 Å². The van der Waals surface area contributed by atoms with E-state index in [4.69, 9.17) is 23.2 Å². The quantitative estimate of drug-likeness (QED) is 0.609. The number of pyridine rings is 1. The summed E-state index contributed by atoms with van der Waals surface area (Å²) in [6.07, 6.45) is 1.80. The average molecular weight is 382 g/mol. The molecule has 21 heavy (non-hydrogen) atoms. The molecule has 3 rings (SSSR count). The fourth-order valence-electron chi connectivity index (χ4n) is 2.17. The Kier molecular flexibility index (Phi) is 4.34. The van der Waals surface area contributed by atoms with Crippen molar-refractivity contribution >= 4 is 55.7 Å². The van der Waals surface area contributed by atoms with Gasteiger partial charge in [-0.3, -0.25) is 4.98 Å². The number of fused-ring (bicyclic) bond motifs is 1. The first kappa shape index (κ1) is 14.6. The van der Waals surface area contributed by atoms with Crippen LogP contribution in [0, 0.1) is 0 Å². The van der Waals surface area contributed by atoms with E-state index < -0.39 is 0 Å². The van der Waals surface area contributed by atoms with Crippen molar-refractivity contribution in [1.29, 1.82) is 0 Å². The van der Waals surface area contributed by atoms with Crippen molar-refractivity contribution in [2.45, 2.75) is 6.54 Å². The lowest BCUT2D eigenvalue weighted by Crippen LogP contribution is -2.01. The molecule has 0 fully saturated rings. The zero-order valence-electron chi connectivity index (χ0n) is 10.9. The minimum absolute atomic E-state index is 0.536. The van der Waals surface area contributed by atoms with Crippen LogP contribution in [0.5, 0.6) is 0 Å². The highest BCUT2D eigenvalue weighted by molar-refractivity contribution is 9.10. The van der Waals surface area contributed by atoms with E-state index in [0.717, 1.165) is 26.6 Å². The summed E-state index contributed by atoms with van der Waals surface area (Å²) < 4.78 is 1.04. The van der Waals surface area contributed by atoms with Gasteiger partial charge >= 0.3 is 0 Å². The molecule has 0 aliphatic carbocycles. The zero-order valence-corrected chi connectivity index (χ0v) is 14.0. The minimum atomic E-state index is 0.536. The summed E-state index contributed by atoms with van der Waals surface area (Å²) in [7, 11) is 0. The van der Waals surface area contributed by atoms with Crippen molar-refractivity contribution in [2.75, 3.05) is 5.32 Å². The Morgan fingerprint density at radius 3 is 2.76 bits per heavy atom. The van der Waals surface area contributed by atoms with Crippen LogP contribution in [0.4, 0.5) is 5.69 Å². The van der Waals surface area contributed by atoms with Crippen molar-refractivity contribution in [1.82, 2.24) is 4.98 Å². The highest BCUT2D eigenvalue weighted by Gasteiger charge is 2.07. The number of benzene rings is 2. The summed E-state index contributed by atoms with van der Waals surface area (Å²) in [6, 6.07) is 13.6. The van der Waals surface area contributed by atoms with Crippen LogP contribution in [0.3, 0.4) is 0 Å². The highest BCUT2D eigenvalue weighted by Crippen LogP contribution is 2.31. The third-order valence-electron chi connectivity index (χ3n) is 3.22. The molecule has 0 spiro atoms. The fraction of sp³-hybridized carbons (Fsp3) is 0.0625. The maximum atomic E-state index is 6.19. The second-order valence-electron chi connectivity index (χ2n) is 4.56. The predicted molar refractivity (Wildman–Crippen MR) is 93.2 cm³/mol. The number of hydrogen-bond acceptors (Lipinski definition) is 2. The normalized spacial score (nSPS) is 10.8. The molecule has 2 aromatic carbocycles. The molecule has 0 amide bonds. The summed E-state index contributed by atoms with van der Waals surface area (Å²) in [6.45, 7) is 0.626. The Bertz CT molecular complexity index is 805. The predicted octanol–water partition coefficient (Wildman–Crippen LogP) is 5.92. The van der Waals surface area contributed by atoms with Gasteiger partial charge in [0.15, 0.2) is 0 Å². The van der Waals surface area contributed by atoms with Gasteiger partial charge in [-0.2, -0.15) is 0 Å². The van der Waals surface area contributed by atoms with E-state index in [2.05, 4.69) is 26.2 Å². The number of aromatic nitrogens is 1. The molecule has 1 heterocycles. The third-order valence-corrected chi connectivity index (χ3v) is 4.73. The van der Waals surface area contributed by atoms with E-state index in [-0.39, 0.29) is 0 Å². The molecule has 0 bridgehead atoms. The van der Waals surface area contributed by atoms with Crippen LogP contribution in [-0.4, -0.2) is 4.98 Å². The SMILES string of the molecule is Clc1cccc(NCc2ccc(Br)c3cccnc23)c1Cl. The topological polar surface area (TPSA) is 24.9 Å². The first-order valence-corrected chi connectivity index (χ1v) is 7.91. The van der Waals surface area contributed by atoms with Crippen molar-refractivity contribution < 1.29 is 0 Å². The van der Waals surface area contributed by atoms with Gasteiger partial charge in [-0.05, 0) is 29.8 Å². The number of rotatable bonds is 3. The lowest BCUT2D eigenvalue weighted by Gasteiger charge is -2.11. The lowest BCUT2D eigenvalue weighted by molar-refractivity contribution is 1.15. The Balaban J connectivity index is 1.92. The minimum Gasteiger partial charge on any atom is -0.380 e. The Labute approximate surface area is 141 Å². The monoisotopic (exact) mass is 380 g/mol.